The quantitative estimate of drug-likeness (QED) is 0.324. The van der Waals surface area contributed by atoms with Gasteiger partial charge < -0.3 is 14.2 Å². The summed E-state index contributed by atoms with van der Waals surface area (Å²) in [5, 5.41) is 0. The van der Waals surface area contributed by atoms with E-state index in [1.54, 1.807) is 6.92 Å². The molecule has 0 radical (unpaired) electrons. The second-order valence-corrected chi connectivity index (χ2v) is 6.01. The number of fused-ring (bicyclic) bond motifs is 1. The molecule has 21 heavy (non-hydrogen) atoms. The third kappa shape index (κ3) is 2.32. The van der Waals surface area contributed by atoms with Crippen molar-refractivity contribution < 1.29 is 28.6 Å². The smallest absolute Gasteiger partial charge is 0.333 e. The van der Waals surface area contributed by atoms with E-state index >= 15 is 0 Å². The minimum Gasteiger partial charge on any atom is -0.462 e. The predicted octanol–water partition coefficient (Wildman–Crippen LogP) is 0.846. The Hall–Kier alpha value is -1.85. The summed E-state index contributed by atoms with van der Waals surface area (Å²) in [5.74, 6) is -1.51. The Morgan fingerprint density at radius 1 is 1.29 bits per heavy atom. The maximum absolute atomic E-state index is 12.2. The van der Waals surface area contributed by atoms with Crippen LogP contribution in [0.5, 0.6) is 0 Å². The van der Waals surface area contributed by atoms with Crippen LogP contribution < -0.4 is 0 Å². The molecule has 3 aliphatic rings. The standard InChI is InChI=1S/C15H18O6/c1-7(2)13(16)19-3-4-20-14(17)11-8-5-9-10(6-8)21-15(18)12(9)11/h8-12H,1,3-6H2,2H3. The van der Waals surface area contributed by atoms with Gasteiger partial charge in [-0.05, 0) is 25.7 Å². The third-order valence-electron chi connectivity index (χ3n) is 4.66. The van der Waals surface area contributed by atoms with Crippen LogP contribution in [0.25, 0.3) is 0 Å². The van der Waals surface area contributed by atoms with Gasteiger partial charge in [-0.2, -0.15) is 0 Å². The van der Waals surface area contributed by atoms with Crippen molar-refractivity contribution in [2.45, 2.75) is 25.9 Å². The summed E-state index contributed by atoms with van der Waals surface area (Å²) >= 11 is 0. The lowest BCUT2D eigenvalue weighted by Crippen LogP contribution is -2.34. The van der Waals surface area contributed by atoms with E-state index in [0.717, 1.165) is 12.8 Å². The fourth-order valence-electron chi connectivity index (χ4n) is 3.82. The van der Waals surface area contributed by atoms with Gasteiger partial charge in [0, 0.05) is 11.5 Å². The highest BCUT2D eigenvalue weighted by Gasteiger charge is 2.64. The average molecular weight is 294 g/mol. The van der Waals surface area contributed by atoms with Gasteiger partial charge in [-0.15, -0.1) is 0 Å². The van der Waals surface area contributed by atoms with Crippen molar-refractivity contribution in [3.05, 3.63) is 12.2 Å². The van der Waals surface area contributed by atoms with Crippen LogP contribution in [0.1, 0.15) is 19.8 Å². The summed E-state index contributed by atoms with van der Waals surface area (Å²) in [6.07, 6.45) is 1.64. The van der Waals surface area contributed by atoms with Gasteiger partial charge in [0.1, 0.15) is 19.3 Å². The van der Waals surface area contributed by atoms with E-state index in [0.29, 0.717) is 5.57 Å². The third-order valence-corrected chi connectivity index (χ3v) is 4.66. The number of hydrogen-bond donors (Lipinski definition) is 0. The number of hydrogen-bond acceptors (Lipinski definition) is 6. The van der Waals surface area contributed by atoms with Gasteiger partial charge in [0.05, 0.1) is 11.8 Å². The molecule has 0 aromatic rings. The van der Waals surface area contributed by atoms with Crippen molar-refractivity contribution in [2.24, 2.45) is 23.7 Å². The first kappa shape index (κ1) is 14.1. The molecule has 1 heterocycles. The molecule has 0 spiro atoms. The molecule has 0 amide bonds. The lowest BCUT2D eigenvalue weighted by atomic mass is 9.80. The van der Waals surface area contributed by atoms with Gasteiger partial charge in [0.2, 0.25) is 0 Å². The summed E-state index contributed by atoms with van der Waals surface area (Å²) in [5.41, 5.74) is 0.300. The molecule has 114 valence electrons. The molecule has 0 aromatic carbocycles. The van der Waals surface area contributed by atoms with Gasteiger partial charge in [0.25, 0.3) is 0 Å². The lowest BCUT2D eigenvalue weighted by Gasteiger charge is -2.22. The number of rotatable bonds is 5. The van der Waals surface area contributed by atoms with E-state index in [2.05, 4.69) is 6.58 Å². The monoisotopic (exact) mass is 294 g/mol. The summed E-state index contributed by atoms with van der Waals surface area (Å²) in [6, 6.07) is 0. The highest BCUT2D eigenvalue weighted by molar-refractivity contribution is 5.87. The molecular weight excluding hydrogens is 276 g/mol. The maximum atomic E-state index is 12.2. The molecular formula is C15H18O6. The normalized spacial score (nSPS) is 35.5. The Bertz CT molecular complexity index is 508. The van der Waals surface area contributed by atoms with E-state index in [4.69, 9.17) is 14.2 Å². The van der Waals surface area contributed by atoms with E-state index in [1.807, 2.05) is 0 Å². The molecule has 0 aromatic heterocycles. The summed E-state index contributed by atoms with van der Waals surface area (Å²) in [4.78, 5) is 35.1. The Morgan fingerprint density at radius 2 is 2.00 bits per heavy atom. The minimum atomic E-state index is -0.506. The minimum absolute atomic E-state index is 0.00304. The molecule has 5 unspecified atom stereocenters. The molecule has 6 heteroatoms. The first-order chi connectivity index (χ1) is 9.99. The van der Waals surface area contributed by atoms with Crippen LogP contribution in [-0.2, 0) is 28.6 Å². The SMILES string of the molecule is C=C(C)C(=O)OCCOC(=O)C1C2CC3OC(=O)C1C3C2. The highest BCUT2D eigenvalue weighted by atomic mass is 16.6. The van der Waals surface area contributed by atoms with Crippen LogP contribution in [-0.4, -0.2) is 37.2 Å². The molecule has 2 bridgehead atoms. The molecule has 2 saturated carbocycles. The zero-order valence-corrected chi connectivity index (χ0v) is 11.9. The van der Waals surface area contributed by atoms with Crippen LogP contribution in [0.3, 0.4) is 0 Å². The number of carbonyl (C=O) groups is 3. The summed E-state index contributed by atoms with van der Waals surface area (Å²) in [6.45, 7) is 5.00. The van der Waals surface area contributed by atoms with Crippen molar-refractivity contribution in [1.29, 1.82) is 0 Å². The van der Waals surface area contributed by atoms with Gasteiger partial charge in [-0.1, -0.05) is 6.58 Å². The Morgan fingerprint density at radius 3 is 2.71 bits per heavy atom. The Labute approximate surface area is 122 Å². The molecule has 1 aliphatic heterocycles. The predicted molar refractivity (Wildman–Crippen MR) is 69.8 cm³/mol. The molecule has 0 N–H and O–H groups in total. The van der Waals surface area contributed by atoms with Gasteiger partial charge in [-0.25, -0.2) is 4.79 Å². The van der Waals surface area contributed by atoms with Crippen molar-refractivity contribution in [3.8, 4) is 0 Å². The molecule has 3 fully saturated rings. The number of esters is 3. The molecule has 3 rings (SSSR count). The van der Waals surface area contributed by atoms with Crippen molar-refractivity contribution in [2.75, 3.05) is 13.2 Å². The van der Waals surface area contributed by atoms with Crippen LogP contribution in [0.2, 0.25) is 0 Å². The second-order valence-electron chi connectivity index (χ2n) is 6.01. The zero-order chi connectivity index (χ0) is 15.1. The number of carbonyl (C=O) groups excluding carboxylic acids is 3. The lowest BCUT2D eigenvalue weighted by molar-refractivity contribution is -0.158. The van der Waals surface area contributed by atoms with E-state index < -0.39 is 11.9 Å². The fourth-order valence-corrected chi connectivity index (χ4v) is 3.82. The highest BCUT2D eigenvalue weighted by Crippen LogP contribution is 2.57. The largest absolute Gasteiger partial charge is 0.462 e. The first-order valence-electron chi connectivity index (χ1n) is 7.19. The van der Waals surface area contributed by atoms with E-state index in [1.165, 1.54) is 0 Å². The van der Waals surface area contributed by atoms with Gasteiger partial charge >= 0.3 is 17.9 Å². The molecule has 5 atom stereocenters. The second kappa shape index (κ2) is 5.16. The van der Waals surface area contributed by atoms with E-state index in [-0.39, 0.29) is 49.0 Å². The van der Waals surface area contributed by atoms with Crippen LogP contribution >= 0.6 is 0 Å². The molecule has 6 nitrogen and oxygen atoms in total. The van der Waals surface area contributed by atoms with Gasteiger partial charge in [0.15, 0.2) is 0 Å². The van der Waals surface area contributed by atoms with Crippen LogP contribution in [0, 0.1) is 23.7 Å². The maximum Gasteiger partial charge on any atom is 0.333 e. The van der Waals surface area contributed by atoms with Crippen molar-refractivity contribution in [3.63, 3.8) is 0 Å². The van der Waals surface area contributed by atoms with Crippen LogP contribution in [0.4, 0.5) is 0 Å². The Balaban J connectivity index is 1.49. The van der Waals surface area contributed by atoms with Crippen LogP contribution in [0.15, 0.2) is 12.2 Å². The summed E-state index contributed by atoms with van der Waals surface area (Å²) in [7, 11) is 0. The Kier molecular flexibility index (Phi) is 3.47. The van der Waals surface area contributed by atoms with Gasteiger partial charge in [-0.3, -0.25) is 9.59 Å². The van der Waals surface area contributed by atoms with Crippen molar-refractivity contribution >= 4 is 17.9 Å². The average Bonchev–Trinajstić information content (AvgIpc) is 3.03. The first-order valence-corrected chi connectivity index (χ1v) is 7.19. The molecule has 1 saturated heterocycles. The topological polar surface area (TPSA) is 78.9 Å². The number of ether oxygens (including phenoxy) is 3. The van der Waals surface area contributed by atoms with E-state index in [9.17, 15) is 14.4 Å². The molecule has 2 aliphatic carbocycles. The zero-order valence-electron chi connectivity index (χ0n) is 11.9. The summed E-state index contributed by atoms with van der Waals surface area (Å²) < 4.78 is 15.3. The fraction of sp³-hybridized carbons (Fsp3) is 0.667. The van der Waals surface area contributed by atoms with Crippen molar-refractivity contribution in [1.82, 2.24) is 0 Å².